The normalized spacial score (nSPS) is 24.5. The van der Waals surface area contributed by atoms with E-state index in [0.717, 1.165) is 11.8 Å². The average molecular weight is 252 g/mol. The van der Waals surface area contributed by atoms with Gasteiger partial charge in [0.25, 0.3) is 0 Å². The van der Waals surface area contributed by atoms with Crippen molar-refractivity contribution in [2.45, 2.75) is 58.3 Å². The molecule has 0 aromatic carbocycles. The Kier molecular flexibility index (Phi) is 6.50. The molecule has 1 saturated heterocycles. The molecule has 1 saturated carbocycles. The van der Waals surface area contributed by atoms with Crippen molar-refractivity contribution in [1.82, 2.24) is 10.2 Å². The summed E-state index contributed by atoms with van der Waals surface area (Å²) in [5, 5.41) is 3.68. The molecule has 0 bridgehead atoms. The predicted octanol–water partition coefficient (Wildman–Crippen LogP) is 3.28. The first-order valence-electron chi connectivity index (χ1n) is 8.27. The van der Waals surface area contributed by atoms with Crippen LogP contribution in [0.2, 0.25) is 0 Å². The summed E-state index contributed by atoms with van der Waals surface area (Å²) in [4.78, 5) is 2.66. The molecular weight excluding hydrogens is 220 g/mol. The first-order chi connectivity index (χ1) is 8.84. The first-order valence-corrected chi connectivity index (χ1v) is 8.27. The van der Waals surface area contributed by atoms with Gasteiger partial charge in [0.1, 0.15) is 0 Å². The van der Waals surface area contributed by atoms with E-state index in [1.165, 1.54) is 84.1 Å². The molecule has 2 aliphatic rings. The van der Waals surface area contributed by atoms with E-state index >= 15 is 0 Å². The van der Waals surface area contributed by atoms with Crippen molar-refractivity contribution >= 4 is 0 Å². The molecule has 106 valence electrons. The Morgan fingerprint density at radius 2 is 1.72 bits per heavy atom. The highest BCUT2D eigenvalue weighted by atomic mass is 15.1. The number of rotatable bonds is 6. The largest absolute Gasteiger partial charge is 0.316 e. The minimum Gasteiger partial charge on any atom is -0.316 e. The van der Waals surface area contributed by atoms with Gasteiger partial charge in [-0.3, -0.25) is 0 Å². The highest BCUT2D eigenvalue weighted by Crippen LogP contribution is 2.22. The van der Waals surface area contributed by atoms with E-state index in [1.54, 1.807) is 0 Å². The maximum atomic E-state index is 3.68. The van der Waals surface area contributed by atoms with Crippen molar-refractivity contribution in [3.63, 3.8) is 0 Å². The van der Waals surface area contributed by atoms with Gasteiger partial charge in [0, 0.05) is 0 Å². The molecule has 2 rings (SSSR count). The van der Waals surface area contributed by atoms with Crippen LogP contribution >= 0.6 is 0 Å². The standard InChI is InChI=1S/C16H32N2/c1-15-8-12-18(13-9-15)11-5-10-17-14-16-6-3-2-4-7-16/h15-17H,2-14H2,1H3. The van der Waals surface area contributed by atoms with Crippen LogP contribution in [-0.2, 0) is 0 Å². The zero-order chi connectivity index (χ0) is 12.6. The van der Waals surface area contributed by atoms with E-state index in [0.29, 0.717) is 0 Å². The molecule has 0 aromatic rings. The van der Waals surface area contributed by atoms with E-state index in [1.807, 2.05) is 0 Å². The molecular formula is C16H32N2. The Morgan fingerprint density at radius 1 is 1.00 bits per heavy atom. The van der Waals surface area contributed by atoms with Crippen molar-refractivity contribution < 1.29 is 0 Å². The molecule has 0 atom stereocenters. The van der Waals surface area contributed by atoms with Crippen LogP contribution in [0.5, 0.6) is 0 Å². The number of nitrogens with zero attached hydrogens (tertiary/aromatic N) is 1. The molecule has 0 radical (unpaired) electrons. The average Bonchev–Trinajstić information content (AvgIpc) is 2.42. The topological polar surface area (TPSA) is 15.3 Å². The van der Waals surface area contributed by atoms with Gasteiger partial charge in [0.15, 0.2) is 0 Å². The minimum absolute atomic E-state index is 0.964. The molecule has 0 amide bonds. The van der Waals surface area contributed by atoms with Gasteiger partial charge in [0.05, 0.1) is 0 Å². The second kappa shape index (κ2) is 8.16. The molecule has 1 aliphatic heterocycles. The summed E-state index contributed by atoms with van der Waals surface area (Å²) in [7, 11) is 0. The zero-order valence-electron chi connectivity index (χ0n) is 12.3. The molecule has 2 nitrogen and oxygen atoms in total. The van der Waals surface area contributed by atoms with Crippen molar-refractivity contribution in [2.24, 2.45) is 11.8 Å². The van der Waals surface area contributed by atoms with Crippen molar-refractivity contribution in [1.29, 1.82) is 0 Å². The van der Waals surface area contributed by atoms with Crippen LogP contribution in [0.3, 0.4) is 0 Å². The molecule has 2 heteroatoms. The molecule has 1 aliphatic carbocycles. The Labute approximate surface area is 114 Å². The smallest absolute Gasteiger partial charge is 0.000664 e. The third-order valence-corrected chi connectivity index (χ3v) is 4.86. The van der Waals surface area contributed by atoms with Crippen LogP contribution in [-0.4, -0.2) is 37.6 Å². The van der Waals surface area contributed by atoms with Gasteiger partial charge in [-0.25, -0.2) is 0 Å². The van der Waals surface area contributed by atoms with Crippen LogP contribution in [0.15, 0.2) is 0 Å². The maximum absolute atomic E-state index is 3.68. The van der Waals surface area contributed by atoms with Crippen LogP contribution in [0, 0.1) is 11.8 Å². The van der Waals surface area contributed by atoms with Crippen molar-refractivity contribution in [3.8, 4) is 0 Å². The maximum Gasteiger partial charge on any atom is -0.000664 e. The lowest BCUT2D eigenvalue weighted by Crippen LogP contribution is -2.35. The highest BCUT2D eigenvalue weighted by Gasteiger charge is 2.15. The molecule has 1 heterocycles. The fourth-order valence-electron chi connectivity index (χ4n) is 3.41. The Balaban J connectivity index is 1.43. The molecule has 18 heavy (non-hydrogen) atoms. The summed E-state index contributed by atoms with van der Waals surface area (Å²) < 4.78 is 0. The summed E-state index contributed by atoms with van der Waals surface area (Å²) in [6.45, 7) is 8.88. The summed E-state index contributed by atoms with van der Waals surface area (Å²) in [5.74, 6) is 1.94. The van der Waals surface area contributed by atoms with Gasteiger partial charge in [-0.1, -0.05) is 26.2 Å². The summed E-state index contributed by atoms with van der Waals surface area (Å²) in [6.07, 6.45) is 11.5. The highest BCUT2D eigenvalue weighted by molar-refractivity contribution is 4.71. The monoisotopic (exact) mass is 252 g/mol. The number of likely N-dealkylation sites (tertiary alicyclic amines) is 1. The molecule has 1 N–H and O–H groups in total. The van der Waals surface area contributed by atoms with E-state index in [2.05, 4.69) is 17.1 Å². The third kappa shape index (κ3) is 5.27. The van der Waals surface area contributed by atoms with Crippen LogP contribution in [0.4, 0.5) is 0 Å². The fraction of sp³-hybridized carbons (Fsp3) is 1.00. The zero-order valence-corrected chi connectivity index (χ0v) is 12.3. The van der Waals surface area contributed by atoms with E-state index in [4.69, 9.17) is 0 Å². The molecule has 2 fully saturated rings. The number of hydrogen-bond donors (Lipinski definition) is 1. The lowest BCUT2D eigenvalue weighted by atomic mass is 9.89. The number of piperidine rings is 1. The summed E-state index contributed by atoms with van der Waals surface area (Å²) in [6, 6.07) is 0. The first kappa shape index (κ1) is 14.3. The van der Waals surface area contributed by atoms with Crippen molar-refractivity contribution in [2.75, 3.05) is 32.7 Å². The second-order valence-electron chi connectivity index (χ2n) is 6.59. The lowest BCUT2D eigenvalue weighted by molar-refractivity contribution is 0.190. The van der Waals surface area contributed by atoms with E-state index in [9.17, 15) is 0 Å². The van der Waals surface area contributed by atoms with Crippen LogP contribution < -0.4 is 5.32 Å². The van der Waals surface area contributed by atoms with Crippen molar-refractivity contribution in [3.05, 3.63) is 0 Å². The van der Waals surface area contributed by atoms with Gasteiger partial charge in [-0.05, 0) is 76.7 Å². The summed E-state index contributed by atoms with van der Waals surface area (Å²) in [5.41, 5.74) is 0. The van der Waals surface area contributed by atoms with Gasteiger partial charge in [-0.15, -0.1) is 0 Å². The number of nitrogens with one attached hydrogen (secondary N) is 1. The van der Waals surface area contributed by atoms with E-state index in [-0.39, 0.29) is 0 Å². The molecule has 0 aromatic heterocycles. The SMILES string of the molecule is CC1CCN(CCCNCC2CCCCC2)CC1. The van der Waals surface area contributed by atoms with Gasteiger partial charge >= 0.3 is 0 Å². The third-order valence-electron chi connectivity index (χ3n) is 4.86. The molecule has 0 spiro atoms. The van der Waals surface area contributed by atoms with Crippen LogP contribution in [0.1, 0.15) is 58.3 Å². The minimum atomic E-state index is 0.964. The summed E-state index contributed by atoms with van der Waals surface area (Å²) >= 11 is 0. The number of hydrogen-bond acceptors (Lipinski definition) is 2. The van der Waals surface area contributed by atoms with Gasteiger partial charge < -0.3 is 10.2 Å². The Bertz CT molecular complexity index is 203. The van der Waals surface area contributed by atoms with Gasteiger partial charge in [0.2, 0.25) is 0 Å². The predicted molar refractivity (Wildman–Crippen MR) is 78.9 cm³/mol. The van der Waals surface area contributed by atoms with E-state index < -0.39 is 0 Å². The van der Waals surface area contributed by atoms with Gasteiger partial charge in [-0.2, -0.15) is 0 Å². The second-order valence-corrected chi connectivity index (χ2v) is 6.59. The Hall–Kier alpha value is -0.0800. The van der Waals surface area contributed by atoms with Crippen LogP contribution in [0.25, 0.3) is 0 Å². The Morgan fingerprint density at radius 3 is 2.44 bits per heavy atom. The lowest BCUT2D eigenvalue weighted by Gasteiger charge is -2.30. The fourth-order valence-corrected chi connectivity index (χ4v) is 3.41. The molecule has 0 unspecified atom stereocenters. The quantitative estimate of drug-likeness (QED) is 0.730.